The highest BCUT2D eigenvalue weighted by molar-refractivity contribution is 9.10. The minimum Gasteiger partial charge on any atom is -0.457 e. The number of rotatable bonds is 3. The molecule has 0 saturated heterocycles. The summed E-state index contributed by atoms with van der Waals surface area (Å²) in [5, 5.41) is 0. The molecule has 104 valence electrons. The summed E-state index contributed by atoms with van der Waals surface area (Å²) in [4.78, 5) is 11.9. The highest BCUT2D eigenvalue weighted by Gasteiger charge is 2.14. The van der Waals surface area contributed by atoms with E-state index in [0.29, 0.717) is 4.47 Å². The van der Waals surface area contributed by atoms with E-state index in [0.717, 1.165) is 16.1 Å². The number of esters is 1. The Morgan fingerprint density at radius 2 is 2.00 bits per heavy atom. The Labute approximate surface area is 132 Å². The van der Waals surface area contributed by atoms with Crippen molar-refractivity contribution in [3.05, 3.63) is 62.3 Å². The van der Waals surface area contributed by atoms with Gasteiger partial charge in [-0.05, 0) is 45.8 Å². The Kier molecular flexibility index (Phi) is 4.77. The standard InChI is InChI=1S/C14H10Br2FNO2/c15-9-3-1-2-8(4-9)7-20-14(19)10-5-13(18)12(17)6-11(10)16/h1-6H,7,18H2. The van der Waals surface area contributed by atoms with Gasteiger partial charge in [0.25, 0.3) is 0 Å². The molecule has 0 aromatic heterocycles. The number of carbonyl (C=O) groups excluding carboxylic acids is 1. The number of halogens is 3. The molecule has 0 saturated carbocycles. The number of nitrogens with two attached hydrogens (primary N) is 1. The Morgan fingerprint density at radius 1 is 1.25 bits per heavy atom. The first-order valence-electron chi connectivity index (χ1n) is 5.63. The average molecular weight is 403 g/mol. The monoisotopic (exact) mass is 401 g/mol. The number of hydrogen-bond donors (Lipinski definition) is 1. The van der Waals surface area contributed by atoms with Gasteiger partial charge in [-0.3, -0.25) is 0 Å². The molecule has 0 amide bonds. The van der Waals surface area contributed by atoms with Crippen molar-refractivity contribution >= 4 is 43.5 Å². The second kappa shape index (κ2) is 6.37. The Balaban J connectivity index is 2.11. The molecule has 0 aliphatic heterocycles. The predicted molar refractivity (Wildman–Crippen MR) is 81.8 cm³/mol. The van der Waals surface area contributed by atoms with Crippen LogP contribution in [0.4, 0.5) is 10.1 Å². The SMILES string of the molecule is Nc1cc(C(=O)OCc2cccc(Br)c2)c(Br)cc1F. The van der Waals surface area contributed by atoms with Crippen LogP contribution >= 0.6 is 31.9 Å². The van der Waals surface area contributed by atoms with E-state index in [-0.39, 0.29) is 17.9 Å². The largest absolute Gasteiger partial charge is 0.457 e. The zero-order valence-corrected chi connectivity index (χ0v) is 13.4. The highest BCUT2D eigenvalue weighted by Crippen LogP contribution is 2.24. The fraction of sp³-hybridized carbons (Fsp3) is 0.0714. The van der Waals surface area contributed by atoms with Gasteiger partial charge in [0, 0.05) is 8.95 Å². The average Bonchev–Trinajstić information content (AvgIpc) is 2.40. The number of anilines is 1. The molecule has 0 bridgehead atoms. The topological polar surface area (TPSA) is 52.3 Å². The molecule has 0 fully saturated rings. The van der Waals surface area contributed by atoms with Crippen LogP contribution < -0.4 is 5.73 Å². The summed E-state index contributed by atoms with van der Waals surface area (Å²) in [5.41, 5.74) is 6.39. The molecule has 0 spiro atoms. The molecule has 2 aromatic rings. The lowest BCUT2D eigenvalue weighted by atomic mass is 10.2. The highest BCUT2D eigenvalue weighted by atomic mass is 79.9. The summed E-state index contributed by atoms with van der Waals surface area (Å²) in [5.74, 6) is -1.15. The summed E-state index contributed by atoms with van der Waals surface area (Å²) in [7, 11) is 0. The first-order chi connectivity index (χ1) is 9.47. The van der Waals surface area contributed by atoms with Gasteiger partial charge in [0.2, 0.25) is 0 Å². The van der Waals surface area contributed by atoms with Gasteiger partial charge in [-0.2, -0.15) is 0 Å². The van der Waals surface area contributed by atoms with Crippen molar-refractivity contribution in [1.29, 1.82) is 0 Å². The fourth-order valence-electron chi connectivity index (χ4n) is 1.58. The van der Waals surface area contributed by atoms with Crippen LogP contribution in [0.1, 0.15) is 15.9 Å². The predicted octanol–water partition coefficient (Wildman–Crippen LogP) is 4.29. The summed E-state index contributed by atoms with van der Waals surface area (Å²) in [6.45, 7) is 0.127. The van der Waals surface area contributed by atoms with E-state index < -0.39 is 11.8 Å². The molecule has 2 rings (SSSR count). The van der Waals surface area contributed by atoms with Crippen molar-refractivity contribution in [2.45, 2.75) is 6.61 Å². The number of hydrogen-bond acceptors (Lipinski definition) is 3. The maximum atomic E-state index is 13.2. The van der Waals surface area contributed by atoms with E-state index in [1.807, 2.05) is 24.3 Å². The smallest absolute Gasteiger partial charge is 0.339 e. The second-order valence-electron chi connectivity index (χ2n) is 4.06. The van der Waals surface area contributed by atoms with Crippen LogP contribution in [0.5, 0.6) is 0 Å². The normalized spacial score (nSPS) is 10.3. The molecule has 0 radical (unpaired) electrons. The van der Waals surface area contributed by atoms with Gasteiger partial charge in [-0.1, -0.05) is 28.1 Å². The maximum Gasteiger partial charge on any atom is 0.339 e. The minimum absolute atomic E-state index is 0.0948. The van der Waals surface area contributed by atoms with Gasteiger partial charge < -0.3 is 10.5 Å². The molecule has 0 aliphatic rings. The van der Waals surface area contributed by atoms with E-state index in [1.54, 1.807) is 0 Å². The van der Waals surface area contributed by atoms with E-state index in [4.69, 9.17) is 10.5 Å². The Hall–Kier alpha value is -1.40. The lowest BCUT2D eigenvalue weighted by Crippen LogP contribution is -2.07. The van der Waals surface area contributed by atoms with Crippen LogP contribution in [-0.4, -0.2) is 5.97 Å². The zero-order chi connectivity index (χ0) is 14.7. The molecule has 0 aliphatic carbocycles. The first-order valence-corrected chi connectivity index (χ1v) is 7.22. The van der Waals surface area contributed by atoms with Crippen molar-refractivity contribution in [2.75, 3.05) is 5.73 Å². The molecule has 2 N–H and O–H groups in total. The lowest BCUT2D eigenvalue weighted by Gasteiger charge is -2.08. The van der Waals surface area contributed by atoms with Gasteiger partial charge >= 0.3 is 5.97 Å². The van der Waals surface area contributed by atoms with Crippen molar-refractivity contribution in [2.24, 2.45) is 0 Å². The molecule has 20 heavy (non-hydrogen) atoms. The van der Waals surface area contributed by atoms with E-state index in [1.165, 1.54) is 6.07 Å². The Morgan fingerprint density at radius 3 is 2.70 bits per heavy atom. The first kappa shape index (κ1) is 15.0. The van der Waals surface area contributed by atoms with Gasteiger partial charge in [0.1, 0.15) is 12.4 Å². The molecular weight excluding hydrogens is 393 g/mol. The summed E-state index contributed by atoms with van der Waals surface area (Å²) in [6, 6.07) is 9.81. The third-order valence-corrected chi connectivity index (χ3v) is 3.71. The number of benzene rings is 2. The Bertz CT molecular complexity index is 662. The van der Waals surface area contributed by atoms with Crippen LogP contribution in [0, 0.1) is 5.82 Å². The molecule has 2 aromatic carbocycles. The van der Waals surface area contributed by atoms with Crippen LogP contribution in [0.3, 0.4) is 0 Å². The maximum absolute atomic E-state index is 13.2. The molecule has 0 atom stereocenters. The molecule has 6 heteroatoms. The van der Waals surface area contributed by atoms with Gasteiger partial charge in [0.15, 0.2) is 0 Å². The van der Waals surface area contributed by atoms with Gasteiger partial charge in [0.05, 0.1) is 11.3 Å². The van der Waals surface area contributed by atoms with Crippen LogP contribution in [0.25, 0.3) is 0 Å². The second-order valence-corrected chi connectivity index (χ2v) is 5.83. The van der Waals surface area contributed by atoms with Crippen molar-refractivity contribution in [3.8, 4) is 0 Å². The fourth-order valence-corrected chi connectivity index (χ4v) is 2.50. The third kappa shape index (κ3) is 3.58. The number of carbonyl (C=O) groups is 1. The van der Waals surface area contributed by atoms with E-state index >= 15 is 0 Å². The lowest BCUT2D eigenvalue weighted by molar-refractivity contribution is 0.0471. The quantitative estimate of drug-likeness (QED) is 0.615. The van der Waals surface area contributed by atoms with Gasteiger partial charge in [-0.15, -0.1) is 0 Å². The van der Waals surface area contributed by atoms with Crippen LogP contribution in [-0.2, 0) is 11.3 Å². The van der Waals surface area contributed by atoms with E-state index in [2.05, 4.69) is 31.9 Å². The van der Waals surface area contributed by atoms with Crippen LogP contribution in [0.15, 0.2) is 45.3 Å². The minimum atomic E-state index is -0.583. The summed E-state index contributed by atoms with van der Waals surface area (Å²) < 4.78 is 19.6. The van der Waals surface area contributed by atoms with Gasteiger partial charge in [-0.25, -0.2) is 9.18 Å². The zero-order valence-electron chi connectivity index (χ0n) is 10.2. The van der Waals surface area contributed by atoms with Crippen molar-refractivity contribution < 1.29 is 13.9 Å². The number of ether oxygens (including phenoxy) is 1. The molecule has 3 nitrogen and oxygen atoms in total. The summed E-state index contributed by atoms with van der Waals surface area (Å²) >= 11 is 6.45. The summed E-state index contributed by atoms with van der Waals surface area (Å²) in [6.07, 6.45) is 0. The molecular formula is C14H10Br2FNO2. The molecule has 0 unspecified atom stereocenters. The molecule has 0 heterocycles. The van der Waals surface area contributed by atoms with Crippen molar-refractivity contribution in [3.63, 3.8) is 0 Å². The van der Waals surface area contributed by atoms with Crippen LogP contribution in [0.2, 0.25) is 0 Å². The van der Waals surface area contributed by atoms with E-state index in [9.17, 15) is 9.18 Å². The van der Waals surface area contributed by atoms with Crippen molar-refractivity contribution in [1.82, 2.24) is 0 Å². The third-order valence-electron chi connectivity index (χ3n) is 2.57. The number of nitrogen functional groups attached to an aromatic ring is 1.